The second kappa shape index (κ2) is 4.05. The van der Waals surface area contributed by atoms with Crippen LogP contribution in [0.1, 0.15) is 18.1 Å². The summed E-state index contributed by atoms with van der Waals surface area (Å²) in [5.41, 5.74) is 12.9. The molecule has 0 fully saturated rings. The molecule has 0 bridgehead atoms. The Morgan fingerprint density at radius 3 is 2.77 bits per heavy atom. The molecule has 0 aliphatic heterocycles. The van der Waals surface area contributed by atoms with E-state index in [0.29, 0.717) is 0 Å². The predicted octanol–water partition coefficient (Wildman–Crippen LogP) is 0.860. The van der Waals surface area contributed by atoms with Crippen LogP contribution in [0.25, 0.3) is 0 Å². The van der Waals surface area contributed by atoms with Crippen molar-refractivity contribution in [2.75, 3.05) is 0 Å². The largest absolute Gasteiger partial charge is 0.384 e. The number of amidine groups is 1. The fraction of sp³-hybridized carbons (Fsp3) is 0.300. The van der Waals surface area contributed by atoms with Crippen molar-refractivity contribution >= 4 is 5.84 Å². The lowest BCUT2D eigenvalue weighted by Gasteiger charge is -2.06. The van der Waals surface area contributed by atoms with Crippen LogP contribution in [0.2, 0.25) is 0 Å². The van der Waals surface area contributed by atoms with Crippen molar-refractivity contribution in [3.63, 3.8) is 0 Å². The van der Waals surface area contributed by atoms with Gasteiger partial charge in [-0.1, -0.05) is 18.2 Å². The lowest BCUT2D eigenvalue weighted by atomic mass is 10.0. The van der Waals surface area contributed by atoms with E-state index < -0.39 is 0 Å². The second-order valence-electron chi connectivity index (χ2n) is 3.30. The third-order valence-corrected chi connectivity index (χ3v) is 1.80. The smallest absolute Gasteiger partial charge is 0.122 e. The van der Waals surface area contributed by atoms with Gasteiger partial charge in [0.15, 0.2) is 0 Å². The summed E-state index contributed by atoms with van der Waals surface area (Å²) in [7, 11) is 0. The SMILES string of the molecule is CC(N)Cc1cccc(C(=N)N)c1. The van der Waals surface area contributed by atoms with E-state index in [4.69, 9.17) is 16.9 Å². The molecule has 0 aliphatic rings. The minimum atomic E-state index is 0.103. The van der Waals surface area contributed by atoms with Gasteiger partial charge >= 0.3 is 0 Å². The summed E-state index contributed by atoms with van der Waals surface area (Å²) in [6.45, 7) is 1.96. The van der Waals surface area contributed by atoms with E-state index in [-0.39, 0.29) is 11.9 Å². The van der Waals surface area contributed by atoms with Crippen LogP contribution >= 0.6 is 0 Å². The molecule has 0 aliphatic carbocycles. The summed E-state index contributed by atoms with van der Waals surface area (Å²) in [6.07, 6.45) is 0.821. The van der Waals surface area contributed by atoms with Gasteiger partial charge in [-0.05, 0) is 25.0 Å². The Morgan fingerprint density at radius 2 is 2.23 bits per heavy atom. The van der Waals surface area contributed by atoms with Gasteiger partial charge in [0.05, 0.1) is 0 Å². The summed E-state index contributed by atoms with van der Waals surface area (Å²) < 4.78 is 0. The van der Waals surface area contributed by atoms with Crippen molar-refractivity contribution in [3.05, 3.63) is 35.4 Å². The first kappa shape index (κ1) is 9.74. The first-order chi connectivity index (χ1) is 6.09. The number of rotatable bonds is 3. The van der Waals surface area contributed by atoms with E-state index in [2.05, 4.69) is 0 Å². The van der Waals surface area contributed by atoms with E-state index in [1.807, 2.05) is 31.2 Å². The molecule has 0 spiro atoms. The molecule has 70 valence electrons. The zero-order valence-electron chi connectivity index (χ0n) is 7.75. The van der Waals surface area contributed by atoms with Gasteiger partial charge in [-0.3, -0.25) is 5.41 Å². The number of nitrogens with one attached hydrogen (secondary N) is 1. The van der Waals surface area contributed by atoms with Gasteiger partial charge in [0.25, 0.3) is 0 Å². The van der Waals surface area contributed by atoms with Gasteiger partial charge in [0.2, 0.25) is 0 Å². The molecule has 0 aromatic heterocycles. The van der Waals surface area contributed by atoms with Crippen LogP contribution in [0.5, 0.6) is 0 Å². The molecule has 1 aromatic carbocycles. The molecule has 0 saturated carbocycles. The molecule has 1 rings (SSSR count). The van der Waals surface area contributed by atoms with Crippen molar-refractivity contribution in [2.24, 2.45) is 11.5 Å². The van der Waals surface area contributed by atoms with Crippen molar-refractivity contribution in [3.8, 4) is 0 Å². The first-order valence-electron chi connectivity index (χ1n) is 4.28. The molecular weight excluding hydrogens is 162 g/mol. The summed E-state index contributed by atoms with van der Waals surface area (Å²) in [5.74, 6) is 0.103. The fourth-order valence-electron chi connectivity index (χ4n) is 1.24. The lowest BCUT2D eigenvalue weighted by molar-refractivity contribution is 0.738. The maximum Gasteiger partial charge on any atom is 0.122 e. The van der Waals surface area contributed by atoms with E-state index in [9.17, 15) is 0 Å². The maximum absolute atomic E-state index is 7.26. The van der Waals surface area contributed by atoms with E-state index in [0.717, 1.165) is 17.5 Å². The summed E-state index contributed by atoms with van der Waals surface area (Å²) in [5, 5.41) is 7.26. The van der Waals surface area contributed by atoms with Crippen molar-refractivity contribution < 1.29 is 0 Å². The third kappa shape index (κ3) is 2.87. The van der Waals surface area contributed by atoms with Crippen LogP contribution in [0.15, 0.2) is 24.3 Å². The van der Waals surface area contributed by atoms with Crippen LogP contribution in [0.3, 0.4) is 0 Å². The van der Waals surface area contributed by atoms with Gasteiger partial charge < -0.3 is 11.5 Å². The highest BCUT2D eigenvalue weighted by atomic mass is 14.7. The Bertz CT molecular complexity index is 305. The third-order valence-electron chi connectivity index (χ3n) is 1.80. The standard InChI is InChI=1S/C10H15N3/c1-7(11)5-8-3-2-4-9(6-8)10(12)13/h2-4,6-7H,5,11H2,1H3,(H3,12,13). The maximum atomic E-state index is 7.26. The molecule has 0 amide bonds. The van der Waals surface area contributed by atoms with Crippen LogP contribution < -0.4 is 11.5 Å². The average molecular weight is 177 g/mol. The molecule has 0 radical (unpaired) electrons. The number of nitrogen functional groups attached to an aromatic ring is 1. The molecular formula is C10H15N3. The summed E-state index contributed by atoms with van der Waals surface area (Å²) in [6, 6.07) is 7.77. The minimum Gasteiger partial charge on any atom is -0.384 e. The molecule has 3 nitrogen and oxygen atoms in total. The Balaban J connectivity index is 2.85. The Labute approximate surface area is 78.3 Å². The van der Waals surface area contributed by atoms with E-state index >= 15 is 0 Å². The summed E-state index contributed by atoms with van der Waals surface area (Å²) in [4.78, 5) is 0. The van der Waals surface area contributed by atoms with Crippen LogP contribution in [-0.4, -0.2) is 11.9 Å². The minimum absolute atomic E-state index is 0.103. The van der Waals surface area contributed by atoms with Gasteiger partial charge in [-0.2, -0.15) is 0 Å². The van der Waals surface area contributed by atoms with Gasteiger partial charge in [-0.15, -0.1) is 0 Å². The number of hydrogen-bond acceptors (Lipinski definition) is 2. The number of benzene rings is 1. The number of hydrogen-bond donors (Lipinski definition) is 3. The Morgan fingerprint density at radius 1 is 1.54 bits per heavy atom. The lowest BCUT2D eigenvalue weighted by Crippen LogP contribution is -2.18. The van der Waals surface area contributed by atoms with Crippen molar-refractivity contribution in [1.29, 1.82) is 5.41 Å². The van der Waals surface area contributed by atoms with Crippen LogP contribution in [-0.2, 0) is 6.42 Å². The highest BCUT2D eigenvalue weighted by molar-refractivity contribution is 5.95. The Kier molecular flexibility index (Phi) is 3.03. The highest BCUT2D eigenvalue weighted by Gasteiger charge is 2.00. The molecule has 0 saturated heterocycles. The molecule has 0 heterocycles. The zero-order valence-corrected chi connectivity index (χ0v) is 7.75. The van der Waals surface area contributed by atoms with Crippen molar-refractivity contribution in [1.82, 2.24) is 0 Å². The monoisotopic (exact) mass is 177 g/mol. The summed E-state index contributed by atoms with van der Waals surface area (Å²) >= 11 is 0. The molecule has 5 N–H and O–H groups in total. The normalized spacial score (nSPS) is 12.5. The number of nitrogens with two attached hydrogens (primary N) is 2. The van der Waals surface area contributed by atoms with Gasteiger partial charge in [-0.25, -0.2) is 0 Å². The molecule has 1 aromatic rings. The zero-order chi connectivity index (χ0) is 9.84. The quantitative estimate of drug-likeness (QED) is 0.473. The average Bonchev–Trinajstić information content (AvgIpc) is 2.03. The van der Waals surface area contributed by atoms with Crippen LogP contribution in [0.4, 0.5) is 0 Å². The predicted molar refractivity (Wildman–Crippen MR) is 54.8 cm³/mol. The first-order valence-corrected chi connectivity index (χ1v) is 4.28. The van der Waals surface area contributed by atoms with Crippen LogP contribution in [0, 0.1) is 5.41 Å². The van der Waals surface area contributed by atoms with Crippen molar-refractivity contribution in [2.45, 2.75) is 19.4 Å². The van der Waals surface area contributed by atoms with E-state index in [1.54, 1.807) is 0 Å². The second-order valence-corrected chi connectivity index (χ2v) is 3.30. The molecule has 1 atom stereocenters. The fourth-order valence-corrected chi connectivity index (χ4v) is 1.24. The topological polar surface area (TPSA) is 75.9 Å². The van der Waals surface area contributed by atoms with Gasteiger partial charge in [0.1, 0.15) is 5.84 Å². The molecule has 1 unspecified atom stereocenters. The Hall–Kier alpha value is -1.35. The molecule has 13 heavy (non-hydrogen) atoms. The van der Waals surface area contributed by atoms with E-state index in [1.165, 1.54) is 0 Å². The highest BCUT2D eigenvalue weighted by Crippen LogP contribution is 2.06. The molecule has 3 heteroatoms. The van der Waals surface area contributed by atoms with Gasteiger partial charge in [0, 0.05) is 11.6 Å².